The highest BCUT2D eigenvalue weighted by atomic mass is 16.1. The van der Waals surface area contributed by atoms with Crippen LogP contribution in [0, 0.1) is 52.8 Å². The number of rotatable bonds is 2. The Labute approximate surface area is 155 Å². The minimum Gasteiger partial charge on any atom is -0.299 e. The molecule has 9 unspecified atom stereocenters. The van der Waals surface area contributed by atoms with Crippen LogP contribution in [0.15, 0.2) is 0 Å². The third kappa shape index (κ3) is 2.83. The molecule has 0 radical (unpaired) electrons. The minimum absolute atomic E-state index is 0.0308. The maximum absolute atomic E-state index is 12.8. The van der Waals surface area contributed by atoms with Crippen LogP contribution in [0.1, 0.15) is 91.9 Å². The molecule has 4 aliphatic rings. The molecule has 4 aliphatic carbocycles. The molecule has 0 aromatic carbocycles. The highest BCUT2D eigenvalue weighted by molar-refractivity contribution is 5.87. The van der Waals surface area contributed by atoms with Crippen molar-refractivity contribution in [3.63, 3.8) is 0 Å². The van der Waals surface area contributed by atoms with E-state index in [4.69, 9.17) is 0 Å². The predicted octanol–water partition coefficient (Wildman–Crippen LogP) is 6.51. The first kappa shape index (κ1) is 18.1. The molecule has 1 heteroatoms. The Morgan fingerprint density at radius 1 is 1.00 bits per heavy atom. The third-order valence-electron chi connectivity index (χ3n) is 9.58. The first-order valence-corrected chi connectivity index (χ1v) is 11.5. The Kier molecular flexibility index (Phi) is 4.82. The summed E-state index contributed by atoms with van der Waals surface area (Å²) in [6.45, 7) is 9.69. The van der Waals surface area contributed by atoms with Gasteiger partial charge in [0.05, 0.1) is 0 Å². The quantitative estimate of drug-likeness (QED) is 0.558. The minimum atomic E-state index is 0.0308. The zero-order chi connectivity index (χ0) is 17.8. The molecule has 142 valence electrons. The number of ketones is 1. The molecule has 0 aliphatic heterocycles. The zero-order valence-electron chi connectivity index (χ0n) is 17.1. The lowest BCUT2D eigenvalue weighted by atomic mass is 9.55. The maximum atomic E-state index is 12.8. The molecule has 0 heterocycles. The first-order chi connectivity index (χ1) is 12.0. The zero-order valence-corrected chi connectivity index (χ0v) is 17.1. The van der Waals surface area contributed by atoms with Gasteiger partial charge in [0.15, 0.2) is 0 Å². The van der Waals surface area contributed by atoms with Gasteiger partial charge in [-0.05, 0) is 85.9 Å². The second-order valence-corrected chi connectivity index (χ2v) is 10.7. The van der Waals surface area contributed by atoms with E-state index in [1.54, 1.807) is 0 Å². The lowest BCUT2D eigenvalue weighted by molar-refractivity contribution is -0.131. The molecule has 0 spiro atoms. The average molecular weight is 345 g/mol. The standard InChI is InChI=1S/C24H40O/c1-5-6-17-7-9-19-16(3)18(14-17)8-10-21-20(19)11-12-24(4)22(25)13-15(2)23(21)24/h15-21,23H,5-14H2,1-4H3. The van der Waals surface area contributed by atoms with Gasteiger partial charge in [-0.3, -0.25) is 4.79 Å². The van der Waals surface area contributed by atoms with E-state index >= 15 is 0 Å². The van der Waals surface area contributed by atoms with Gasteiger partial charge in [0, 0.05) is 11.8 Å². The summed E-state index contributed by atoms with van der Waals surface area (Å²) in [5.74, 6) is 7.54. The summed E-state index contributed by atoms with van der Waals surface area (Å²) in [5.41, 5.74) is 0.0308. The van der Waals surface area contributed by atoms with Crippen molar-refractivity contribution in [1.82, 2.24) is 0 Å². The first-order valence-electron chi connectivity index (χ1n) is 11.5. The molecular weight excluding hydrogens is 304 g/mol. The predicted molar refractivity (Wildman–Crippen MR) is 104 cm³/mol. The SMILES string of the molecule is CCCC1CCC2C(C)C(CCC3C2CCC2(C)C(=O)CC(C)C32)C1. The summed E-state index contributed by atoms with van der Waals surface area (Å²) in [7, 11) is 0. The molecule has 0 saturated heterocycles. The normalized spacial score (nSPS) is 52.9. The topological polar surface area (TPSA) is 17.1 Å². The van der Waals surface area contributed by atoms with Crippen molar-refractivity contribution < 1.29 is 4.79 Å². The van der Waals surface area contributed by atoms with Crippen LogP contribution in [0.3, 0.4) is 0 Å². The molecule has 9 atom stereocenters. The lowest BCUT2D eigenvalue weighted by Crippen LogP contribution is -2.45. The number of hydrogen-bond donors (Lipinski definition) is 0. The Bertz CT molecular complexity index is 510. The van der Waals surface area contributed by atoms with Crippen molar-refractivity contribution in [3.8, 4) is 0 Å². The Morgan fingerprint density at radius 3 is 2.52 bits per heavy atom. The van der Waals surface area contributed by atoms with Gasteiger partial charge in [0.25, 0.3) is 0 Å². The van der Waals surface area contributed by atoms with Crippen molar-refractivity contribution >= 4 is 5.78 Å². The van der Waals surface area contributed by atoms with E-state index in [9.17, 15) is 4.79 Å². The number of Topliss-reactive ketones (excluding diaryl/α,β-unsaturated/α-hetero) is 1. The largest absolute Gasteiger partial charge is 0.299 e. The van der Waals surface area contributed by atoms with E-state index in [1.807, 2.05) is 0 Å². The summed E-state index contributed by atoms with van der Waals surface area (Å²) in [6, 6.07) is 0. The molecule has 4 rings (SSSR count). The molecule has 0 amide bonds. The summed E-state index contributed by atoms with van der Waals surface area (Å²) in [6.07, 6.45) is 13.6. The van der Waals surface area contributed by atoms with Crippen LogP contribution in [-0.4, -0.2) is 5.78 Å². The monoisotopic (exact) mass is 344 g/mol. The Morgan fingerprint density at radius 2 is 1.76 bits per heavy atom. The van der Waals surface area contributed by atoms with E-state index in [1.165, 1.54) is 57.8 Å². The molecule has 2 bridgehead atoms. The van der Waals surface area contributed by atoms with Gasteiger partial charge in [0.2, 0.25) is 0 Å². The van der Waals surface area contributed by atoms with Gasteiger partial charge in [-0.1, -0.05) is 47.0 Å². The van der Waals surface area contributed by atoms with Gasteiger partial charge in [-0.15, -0.1) is 0 Å². The van der Waals surface area contributed by atoms with Crippen molar-refractivity contribution in [2.75, 3.05) is 0 Å². The van der Waals surface area contributed by atoms with E-state index < -0.39 is 0 Å². The average Bonchev–Trinajstić information content (AvgIpc) is 2.68. The van der Waals surface area contributed by atoms with Gasteiger partial charge >= 0.3 is 0 Å². The van der Waals surface area contributed by atoms with E-state index in [-0.39, 0.29) is 5.41 Å². The van der Waals surface area contributed by atoms with Gasteiger partial charge < -0.3 is 0 Å². The van der Waals surface area contributed by atoms with Crippen LogP contribution < -0.4 is 0 Å². The van der Waals surface area contributed by atoms with Crippen LogP contribution in [-0.2, 0) is 4.79 Å². The van der Waals surface area contributed by atoms with Crippen LogP contribution in [0.25, 0.3) is 0 Å². The highest BCUT2D eigenvalue weighted by Crippen LogP contribution is 2.62. The number of carbonyl (C=O) groups is 1. The second-order valence-electron chi connectivity index (χ2n) is 10.7. The van der Waals surface area contributed by atoms with Crippen LogP contribution in [0.2, 0.25) is 0 Å². The number of carbonyl (C=O) groups excluding carboxylic acids is 1. The molecule has 25 heavy (non-hydrogen) atoms. The van der Waals surface area contributed by atoms with Crippen molar-refractivity contribution in [2.45, 2.75) is 91.9 Å². The fourth-order valence-electron chi connectivity index (χ4n) is 8.40. The lowest BCUT2D eigenvalue weighted by Gasteiger charge is -2.49. The molecular formula is C24H40O. The van der Waals surface area contributed by atoms with Crippen LogP contribution >= 0.6 is 0 Å². The van der Waals surface area contributed by atoms with Crippen molar-refractivity contribution in [1.29, 1.82) is 0 Å². The molecule has 4 saturated carbocycles. The maximum Gasteiger partial charge on any atom is 0.139 e. The Hall–Kier alpha value is -0.330. The number of fused-ring (bicyclic) bond motifs is 6. The van der Waals surface area contributed by atoms with Crippen molar-refractivity contribution in [2.24, 2.45) is 52.8 Å². The molecule has 0 aromatic heterocycles. The summed E-state index contributed by atoms with van der Waals surface area (Å²) in [5, 5.41) is 0. The fourth-order valence-corrected chi connectivity index (χ4v) is 8.40. The third-order valence-corrected chi connectivity index (χ3v) is 9.58. The van der Waals surface area contributed by atoms with E-state index in [2.05, 4.69) is 27.7 Å². The van der Waals surface area contributed by atoms with Gasteiger partial charge in [-0.25, -0.2) is 0 Å². The Balaban J connectivity index is 1.61. The van der Waals surface area contributed by atoms with Crippen LogP contribution in [0.5, 0.6) is 0 Å². The van der Waals surface area contributed by atoms with E-state index in [0.29, 0.717) is 17.6 Å². The van der Waals surface area contributed by atoms with Gasteiger partial charge in [0.1, 0.15) is 5.78 Å². The highest BCUT2D eigenvalue weighted by Gasteiger charge is 2.58. The van der Waals surface area contributed by atoms with Gasteiger partial charge in [-0.2, -0.15) is 0 Å². The summed E-state index contributed by atoms with van der Waals surface area (Å²) in [4.78, 5) is 12.8. The smallest absolute Gasteiger partial charge is 0.139 e. The number of hydrogen-bond acceptors (Lipinski definition) is 1. The molecule has 1 nitrogen and oxygen atoms in total. The summed E-state index contributed by atoms with van der Waals surface area (Å²) >= 11 is 0. The van der Waals surface area contributed by atoms with Crippen molar-refractivity contribution in [3.05, 3.63) is 0 Å². The molecule has 0 aromatic rings. The fraction of sp³-hybridized carbons (Fsp3) is 0.958. The summed E-state index contributed by atoms with van der Waals surface area (Å²) < 4.78 is 0. The van der Waals surface area contributed by atoms with Crippen LogP contribution in [0.4, 0.5) is 0 Å². The molecule has 4 fully saturated rings. The van der Waals surface area contributed by atoms with E-state index in [0.717, 1.165) is 41.9 Å². The second kappa shape index (κ2) is 6.68. The molecule has 0 N–H and O–H groups in total.